The van der Waals surface area contributed by atoms with E-state index in [9.17, 15) is 22.8 Å². The molecule has 3 aromatic rings. The van der Waals surface area contributed by atoms with Crippen LogP contribution in [0.4, 0.5) is 18.9 Å². The van der Waals surface area contributed by atoms with Gasteiger partial charge in [-0.1, -0.05) is 80.3 Å². The SMILES string of the molecule is O=C1c2cc(N3CCN(CCCCC4(C(=O)NCC(F)(F)F)c5ccccc5-c5ccccc54)CC3)ccc2CCN1C1CCCCC1. The van der Waals surface area contributed by atoms with Gasteiger partial charge in [0.2, 0.25) is 5.91 Å². The minimum Gasteiger partial charge on any atom is -0.369 e. The van der Waals surface area contributed by atoms with Crippen molar-refractivity contribution in [3.63, 3.8) is 0 Å². The number of carbonyl (C=O) groups excluding carboxylic acids is 2. The van der Waals surface area contributed by atoms with Gasteiger partial charge in [0, 0.05) is 50.0 Å². The van der Waals surface area contributed by atoms with Gasteiger partial charge in [0.05, 0.1) is 0 Å². The molecule has 2 aliphatic carbocycles. The van der Waals surface area contributed by atoms with Crippen molar-refractivity contribution in [3.05, 3.63) is 89.0 Å². The van der Waals surface area contributed by atoms with Crippen LogP contribution in [-0.4, -0.2) is 79.6 Å². The third-order valence-electron chi connectivity index (χ3n) is 11.1. The number of fused-ring (bicyclic) bond motifs is 4. The number of carbonyl (C=O) groups is 2. The minimum absolute atomic E-state index is 0.195. The maximum Gasteiger partial charge on any atom is 0.405 e. The number of nitrogens with zero attached hydrogens (tertiary/aromatic N) is 3. The van der Waals surface area contributed by atoms with Crippen molar-refractivity contribution in [1.82, 2.24) is 15.1 Å². The van der Waals surface area contributed by atoms with E-state index in [2.05, 4.69) is 38.2 Å². The molecular weight excluding hydrogens is 613 g/mol. The lowest BCUT2D eigenvalue weighted by Gasteiger charge is -2.39. The Balaban J connectivity index is 0.975. The van der Waals surface area contributed by atoms with E-state index in [4.69, 9.17) is 0 Å². The van der Waals surface area contributed by atoms with E-state index in [1.807, 2.05) is 48.5 Å². The molecule has 6 nitrogen and oxygen atoms in total. The van der Waals surface area contributed by atoms with Crippen LogP contribution in [-0.2, 0) is 16.6 Å². The van der Waals surface area contributed by atoms with Crippen LogP contribution in [0.5, 0.6) is 0 Å². The Kier molecular flexibility index (Phi) is 9.24. The predicted octanol–water partition coefficient (Wildman–Crippen LogP) is 6.96. The number of halogens is 3. The zero-order valence-electron chi connectivity index (χ0n) is 27.5. The van der Waals surface area contributed by atoms with Crippen molar-refractivity contribution in [2.45, 2.75) is 75.4 Å². The average Bonchev–Trinajstić information content (AvgIpc) is 3.40. The highest BCUT2D eigenvalue weighted by molar-refractivity contribution is 6.00. The van der Waals surface area contributed by atoms with Crippen molar-refractivity contribution in [2.75, 3.05) is 50.7 Å². The summed E-state index contributed by atoms with van der Waals surface area (Å²) >= 11 is 0. The number of nitrogens with one attached hydrogen (secondary N) is 1. The second kappa shape index (κ2) is 13.6. The van der Waals surface area contributed by atoms with Crippen molar-refractivity contribution >= 4 is 17.5 Å². The quantitative estimate of drug-likeness (QED) is 0.253. The molecule has 1 saturated carbocycles. The Labute approximate surface area is 281 Å². The molecule has 0 bridgehead atoms. The zero-order chi connectivity index (χ0) is 33.3. The lowest BCUT2D eigenvalue weighted by molar-refractivity contribution is -0.141. The van der Waals surface area contributed by atoms with Crippen molar-refractivity contribution < 1.29 is 22.8 Å². The summed E-state index contributed by atoms with van der Waals surface area (Å²) in [6, 6.07) is 22.0. The molecule has 48 heavy (non-hydrogen) atoms. The molecular formula is C39H45F3N4O2. The maximum absolute atomic E-state index is 13.8. The molecule has 1 saturated heterocycles. The first-order valence-electron chi connectivity index (χ1n) is 17.7. The molecule has 2 amide bonds. The van der Waals surface area contributed by atoms with Gasteiger partial charge in [-0.15, -0.1) is 0 Å². The molecule has 0 atom stereocenters. The fourth-order valence-corrected chi connectivity index (χ4v) is 8.66. The molecule has 4 aliphatic rings. The molecule has 9 heteroatoms. The summed E-state index contributed by atoms with van der Waals surface area (Å²) in [5, 5.41) is 2.23. The van der Waals surface area contributed by atoms with Gasteiger partial charge in [0.1, 0.15) is 12.0 Å². The van der Waals surface area contributed by atoms with Gasteiger partial charge >= 0.3 is 6.18 Å². The number of piperazine rings is 1. The summed E-state index contributed by atoms with van der Waals surface area (Å²) in [6.07, 6.45) is 4.36. The topological polar surface area (TPSA) is 55.9 Å². The van der Waals surface area contributed by atoms with Crippen LogP contribution in [0.1, 0.15) is 78.4 Å². The third-order valence-corrected chi connectivity index (χ3v) is 11.1. The van der Waals surface area contributed by atoms with Crippen LogP contribution in [0.2, 0.25) is 0 Å². The summed E-state index contributed by atoms with van der Waals surface area (Å²) in [5.74, 6) is -0.391. The Morgan fingerprint density at radius 2 is 1.48 bits per heavy atom. The van der Waals surface area contributed by atoms with Gasteiger partial charge in [-0.25, -0.2) is 0 Å². The first-order chi connectivity index (χ1) is 23.2. The highest BCUT2D eigenvalue weighted by atomic mass is 19.4. The van der Waals surface area contributed by atoms with Crippen LogP contribution in [0.3, 0.4) is 0 Å². The van der Waals surface area contributed by atoms with Gasteiger partial charge in [0.25, 0.3) is 5.91 Å². The van der Waals surface area contributed by atoms with E-state index >= 15 is 0 Å². The van der Waals surface area contributed by atoms with Gasteiger partial charge in [-0.2, -0.15) is 13.2 Å². The molecule has 0 unspecified atom stereocenters. The monoisotopic (exact) mass is 658 g/mol. The summed E-state index contributed by atoms with van der Waals surface area (Å²) in [6.45, 7) is 3.85. The zero-order valence-corrected chi connectivity index (χ0v) is 27.5. The Bertz CT molecular complexity index is 1600. The van der Waals surface area contributed by atoms with Crippen LogP contribution in [0.25, 0.3) is 11.1 Å². The standard InChI is InChI=1S/C39H45F3N4O2/c40-39(41,42)27-43-37(48)38(34-14-6-4-12-31(34)32-13-5-7-15-35(32)38)19-8-9-20-44-22-24-45(25-23-44)30-17-16-28-18-21-46(36(47)33(28)26-30)29-10-2-1-3-11-29/h4-7,12-17,26,29H,1-3,8-11,18-25,27H2,(H,43,48). The second-order valence-corrected chi connectivity index (χ2v) is 14.0. The van der Waals surface area contributed by atoms with Crippen LogP contribution in [0, 0.1) is 0 Å². The molecule has 0 aromatic heterocycles. The van der Waals surface area contributed by atoms with E-state index in [0.29, 0.717) is 18.9 Å². The Morgan fingerprint density at radius 3 is 2.15 bits per heavy atom. The van der Waals surface area contributed by atoms with Crippen molar-refractivity contribution in [3.8, 4) is 11.1 Å². The van der Waals surface area contributed by atoms with E-state index in [1.54, 1.807) is 0 Å². The van der Waals surface area contributed by atoms with Gasteiger partial charge in [0.15, 0.2) is 0 Å². The maximum atomic E-state index is 13.8. The Morgan fingerprint density at radius 1 is 0.812 bits per heavy atom. The van der Waals surface area contributed by atoms with E-state index in [0.717, 1.165) is 104 Å². The molecule has 2 aliphatic heterocycles. The second-order valence-electron chi connectivity index (χ2n) is 14.0. The van der Waals surface area contributed by atoms with Crippen LogP contribution < -0.4 is 10.2 Å². The number of benzene rings is 3. The highest BCUT2D eigenvalue weighted by Crippen LogP contribution is 2.51. The lowest BCUT2D eigenvalue weighted by atomic mass is 9.73. The number of unbranched alkanes of at least 4 members (excludes halogenated alkanes) is 1. The number of hydrogen-bond donors (Lipinski definition) is 1. The first kappa shape index (κ1) is 32.7. The van der Waals surface area contributed by atoms with Crippen LogP contribution in [0.15, 0.2) is 66.7 Å². The number of rotatable bonds is 9. The number of amides is 2. The van der Waals surface area contributed by atoms with E-state index in [1.165, 1.54) is 19.3 Å². The molecule has 0 radical (unpaired) electrons. The molecule has 2 heterocycles. The first-order valence-corrected chi connectivity index (χ1v) is 17.7. The third kappa shape index (κ3) is 6.33. The fourth-order valence-electron chi connectivity index (χ4n) is 8.66. The summed E-state index contributed by atoms with van der Waals surface area (Å²) in [5.41, 5.74) is 5.37. The fraction of sp³-hybridized carbons (Fsp3) is 0.487. The minimum atomic E-state index is -4.49. The lowest BCUT2D eigenvalue weighted by Crippen LogP contribution is -2.48. The normalized spacial score (nSPS) is 19.5. The van der Waals surface area contributed by atoms with E-state index in [-0.39, 0.29) is 5.91 Å². The molecule has 3 aromatic carbocycles. The molecule has 1 N–H and O–H groups in total. The highest BCUT2D eigenvalue weighted by Gasteiger charge is 2.49. The average molecular weight is 659 g/mol. The smallest absolute Gasteiger partial charge is 0.369 e. The van der Waals surface area contributed by atoms with Crippen molar-refractivity contribution in [2.24, 2.45) is 0 Å². The summed E-state index contributed by atoms with van der Waals surface area (Å²) in [4.78, 5) is 34.2. The van der Waals surface area contributed by atoms with E-state index < -0.39 is 24.0 Å². The molecule has 254 valence electrons. The summed E-state index contributed by atoms with van der Waals surface area (Å²) < 4.78 is 39.6. The van der Waals surface area contributed by atoms with Gasteiger partial charge in [-0.3, -0.25) is 14.5 Å². The number of hydrogen-bond acceptors (Lipinski definition) is 4. The predicted molar refractivity (Wildman–Crippen MR) is 182 cm³/mol. The summed E-state index contributed by atoms with van der Waals surface area (Å²) in [7, 11) is 0. The van der Waals surface area contributed by atoms with Gasteiger partial charge < -0.3 is 15.1 Å². The van der Waals surface area contributed by atoms with Crippen LogP contribution >= 0.6 is 0 Å². The number of alkyl halides is 3. The molecule has 2 fully saturated rings. The van der Waals surface area contributed by atoms with Gasteiger partial charge in [-0.05, 0) is 78.6 Å². The molecule has 7 rings (SSSR count). The van der Waals surface area contributed by atoms with Crippen molar-refractivity contribution in [1.29, 1.82) is 0 Å². The Hall–Kier alpha value is -3.85. The molecule has 0 spiro atoms. The number of anilines is 1. The largest absolute Gasteiger partial charge is 0.405 e.